The first-order valence-electron chi connectivity index (χ1n) is 11.2. The second-order valence-corrected chi connectivity index (χ2v) is 8.66. The van der Waals surface area contributed by atoms with Gasteiger partial charge in [0.1, 0.15) is 6.10 Å². The minimum absolute atomic E-state index is 0.117. The van der Waals surface area contributed by atoms with Crippen molar-refractivity contribution in [2.24, 2.45) is 5.16 Å². The average molecular weight is 447 g/mol. The number of benzene rings is 2. The van der Waals surface area contributed by atoms with Crippen LogP contribution in [-0.4, -0.2) is 60.2 Å². The van der Waals surface area contributed by atoms with E-state index < -0.39 is 0 Å². The molecule has 170 valence electrons. The second-order valence-electron chi connectivity index (χ2n) is 8.66. The molecule has 1 N–H and O–H groups in total. The zero-order valence-corrected chi connectivity index (χ0v) is 18.4. The van der Waals surface area contributed by atoms with E-state index >= 15 is 0 Å². The van der Waals surface area contributed by atoms with Gasteiger partial charge in [0.05, 0.1) is 36.0 Å². The van der Waals surface area contributed by atoms with Crippen molar-refractivity contribution in [1.82, 2.24) is 10.2 Å². The number of hydrogen-bond acceptors (Lipinski definition) is 6. The predicted molar refractivity (Wildman–Crippen MR) is 120 cm³/mol. The number of ether oxygens (including phenoxy) is 1. The number of oxime groups is 1. The van der Waals surface area contributed by atoms with Crippen LogP contribution in [0.15, 0.2) is 47.6 Å². The van der Waals surface area contributed by atoms with E-state index in [9.17, 15) is 14.4 Å². The lowest BCUT2D eigenvalue weighted by Crippen LogP contribution is -2.36. The molecule has 1 saturated heterocycles. The summed E-state index contributed by atoms with van der Waals surface area (Å²) in [5, 5.41) is 6.99. The van der Waals surface area contributed by atoms with Crippen molar-refractivity contribution in [2.45, 2.75) is 38.4 Å². The third-order valence-electron chi connectivity index (χ3n) is 6.25. The van der Waals surface area contributed by atoms with Gasteiger partial charge in [0.15, 0.2) is 0 Å². The molecule has 2 aromatic carbocycles. The van der Waals surface area contributed by atoms with Crippen LogP contribution in [0.3, 0.4) is 0 Å². The fourth-order valence-electron chi connectivity index (χ4n) is 4.35. The molecule has 8 heteroatoms. The summed E-state index contributed by atoms with van der Waals surface area (Å²) in [6.45, 7) is 3.21. The Bertz CT molecular complexity index is 1140. The van der Waals surface area contributed by atoms with Crippen LogP contribution in [0.2, 0.25) is 0 Å². The van der Waals surface area contributed by atoms with Gasteiger partial charge < -0.3 is 14.9 Å². The van der Waals surface area contributed by atoms with Crippen LogP contribution in [0.5, 0.6) is 0 Å². The summed E-state index contributed by atoms with van der Waals surface area (Å²) in [5.41, 5.74) is 3.93. The van der Waals surface area contributed by atoms with E-state index in [0.29, 0.717) is 24.2 Å². The van der Waals surface area contributed by atoms with Crippen molar-refractivity contribution in [2.75, 3.05) is 19.7 Å². The first-order chi connectivity index (χ1) is 16.0. The van der Waals surface area contributed by atoms with Gasteiger partial charge in [-0.05, 0) is 43.5 Å². The molecule has 2 atom stereocenters. The summed E-state index contributed by atoms with van der Waals surface area (Å²) < 4.78 is 5.56. The van der Waals surface area contributed by atoms with E-state index in [-0.39, 0.29) is 48.6 Å². The average Bonchev–Trinajstić information content (AvgIpc) is 3.56. The smallest absolute Gasteiger partial charge is 0.261 e. The van der Waals surface area contributed by atoms with Crippen LogP contribution < -0.4 is 5.32 Å². The first kappa shape index (κ1) is 21.3. The maximum Gasteiger partial charge on any atom is 0.261 e. The van der Waals surface area contributed by atoms with Crippen LogP contribution in [0, 0.1) is 6.92 Å². The van der Waals surface area contributed by atoms with Gasteiger partial charge in [-0.3, -0.25) is 19.3 Å². The molecule has 0 spiro atoms. The Hall–Kier alpha value is -3.52. The van der Waals surface area contributed by atoms with Crippen LogP contribution in [0.4, 0.5) is 0 Å². The van der Waals surface area contributed by atoms with Crippen molar-refractivity contribution in [3.8, 4) is 0 Å². The highest BCUT2D eigenvalue weighted by Crippen LogP contribution is 2.26. The Morgan fingerprint density at radius 3 is 2.64 bits per heavy atom. The van der Waals surface area contributed by atoms with E-state index in [1.54, 1.807) is 12.1 Å². The summed E-state index contributed by atoms with van der Waals surface area (Å²) in [4.78, 5) is 44.9. The third kappa shape index (κ3) is 4.26. The van der Waals surface area contributed by atoms with E-state index in [0.717, 1.165) is 24.1 Å². The Kier molecular flexibility index (Phi) is 5.68. The van der Waals surface area contributed by atoms with Crippen molar-refractivity contribution in [3.05, 3.63) is 70.3 Å². The summed E-state index contributed by atoms with van der Waals surface area (Å²) in [7, 11) is 0. The lowest BCUT2D eigenvalue weighted by Gasteiger charge is -2.17. The van der Waals surface area contributed by atoms with Crippen molar-refractivity contribution < 1.29 is 24.0 Å². The molecule has 0 bridgehead atoms. The fourth-order valence-corrected chi connectivity index (χ4v) is 4.35. The molecule has 0 saturated carbocycles. The molecule has 3 aliphatic heterocycles. The molecule has 3 amide bonds. The van der Waals surface area contributed by atoms with Gasteiger partial charge in [0, 0.05) is 18.6 Å². The fraction of sp³-hybridized carbons (Fsp3) is 0.360. The number of nitrogens with one attached hydrogen (secondary N) is 1. The number of hydrogen-bond donors (Lipinski definition) is 1. The van der Waals surface area contributed by atoms with E-state index in [2.05, 4.69) is 10.5 Å². The predicted octanol–water partition coefficient (Wildman–Crippen LogP) is 2.69. The van der Waals surface area contributed by atoms with Crippen LogP contribution >= 0.6 is 0 Å². The van der Waals surface area contributed by atoms with Gasteiger partial charge >= 0.3 is 0 Å². The number of rotatable bonds is 6. The van der Waals surface area contributed by atoms with Gasteiger partial charge in [-0.1, -0.05) is 35.0 Å². The largest absolute Gasteiger partial charge is 0.390 e. The van der Waals surface area contributed by atoms with Gasteiger partial charge in [0.2, 0.25) is 0 Å². The zero-order chi connectivity index (χ0) is 22.9. The zero-order valence-electron chi connectivity index (χ0n) is 18.4. The number of nitrogens with zero attached hydrogens (tertiary/aromatic N) is 2. The highest BCUT2D eigenvalue weighted by atomic mass is 16.6. The normalized spacial score (nSPS) is 21.7. The van der Waals surface area contributed by atoms with Crippen molar-refractivity contribution in [1.29, 1.82) is 0 Å². The third-order valence-corrected chi connectivity index (χ3v) is 6.25. The molecule has 8 nitrogen and oxygen atoms in total. The van der Waals surface area contributed by atoms with E-state index in [4.69, 9.17) is 9.57 Å². The molecule has 3 heterocycles. The standard InChI is InChI=1S/C25H25N3O5/c1-15-4-6-16(7-5-15)22-12-19(33-27-22)13-26-23(29)17-8-9-20-21(11-17)25(31)28(24(20)30)14-18-3-2-10-32-18/h4-9,11,18-19H,2-3,10,12-14H2,1H3,(H,26,29)/t18-,19+/m1/s1. The highest BCUT2D eigenvalue weighted by Gasteiger charge is 2.38. The number of imide groups is 1. The quantitative estimate of drug-likeness (QED) is 0.687. The summed E-state index contributed by atoms with van der Waals surface area (Å²) >= 11 is 0. The van der Waals surface area contributed by atoms with Gasteiger partial charge in [-0.15, -0.1) is 0 Å². The first-order valence-corrected chi connectivity index (χ1v) is 11.2. The molecule has 33 heavy (non-hydrogen) atoms. The molecular weight excluding hydrogens is 422 g/mol. The Balaban J connectivity index is 1.19. The van der Waals surface area contributed by atoms with Crippen LogP contribution in [0.1, 0.15) is 61.5 Å². The highest BCUT2D eigenvalue weighted by molar-refractivity contribution is 6.22. The van der Waals surface area contributed by atoms with Gasteiger partial charge in [-0.25, -0.2) is 0 Å². The van der Waals surface area contributed by atoms with E-state index in [1.165, 1.54) is 16.5 Å². The number of fused-ring (bicyclic) bond motifs is 1. The molecule has 0 radical (unpaired) electrons. The monoisotopic (exact) mass is 447 g/mol. The lowest BCUT2D eigenvalue weighted by molar-refractivity contribution is 0.0475. The Morgan fingerprint density at radius 2 is 1.88 bits per heavy atom. The summed E-state index contributed by atoms with van der Waals surface area (Å²) in [6, 6.07) is 12.7. The maximum absolute atomic E-state index is 12.8. The molecule has 0 aliphatic carbocycles. The number of amides is 3. The molecule has 5 rings (SSSR count). The van der Waals surface area contributed by atoms with Crippen molar-refractivity contribution in [3.63, 3.8) is 0 Å². The molecule has 0 unspecified atom stereocenters. The SMILES string of the molecule is Cc1ccc(C2=NO[C@H](CNC(=O)c3ccc4c(c3)C(=O)N(C[C@H]3CCCO3)C4=O)C2)cc1. The van der Waals surface area contributed by atoms with Crippen LogP contribution in [-0.2, 0) is 9.57 Å². The molecule has 0 aromatic heterocycles. The maximum atomic E-state index is 12.8. The molecule has 3 aliphatic rings. The van der Waals surface area contributed by atoms with E-state index in [1.807, 2.05) is 31.2 Å². The number of aryl methyl sites for hydroxylation is 1. The number of carbonyl (C=O) groups excluding carboxylic acids is 3. The molecular formula is C25H25N3O5. The lowest BCUT2D eigenvalue weighted by atomic mass is 10.0. The summed E-state index contributed by atoms with van der Waals surface area (Å²) in [5.74, 6) is -1.05. The van der Waals surface area contributed by atoms with Gasteiger partial charge in [0.25, 0.3) is 17.7 Å². The van der Waals surface area contributed by atoms with Gasteiger partial charge in [-0.2, -0.15) is 0 Å². The second kappa shape index (κ2) is 8.78. The topological polar surface area (TPSA) is 97.3 Å². The van der Waals surface area contributed by atoms with Crippen LogP contribution in [0.25, 0.3) is 0 Å². The Morgan fingerprint density at radius 1 is 1.09 bits per heavy atom. The van der Waals surface area contributed by atoms with Crippen molar-refractivity contribution >= 4 is 23.4 Å². The Labute approximate surface area is 191 Å². The number of carbonyl (C=O) groups is 3. The molecule has 2 aromatic rings. The summed E-state index contributed by atoms with van der Waals surface area (Å²) in [6.07, 6.45) is 1.98. The minimum Gasteiger partial charge on any atom is -0.390 e. The molecule has 1 fully saturated rings. The minimum atomic E-state index is -0.379.